The van der Waals surface area contributed by atoms with Gasteiger partial charge < -0.3 is 15.2 Å². The van der Waals surface area contributed by atoms with Gasteiger partial charge in [0.05, 0.1) is 17.5 Å². The lowest BCUT2D eigenvalue weighted by atomic mass is 10.0. The van der Waals surface area contributed by atoms with Crippen LogP contribution in [0.2, 0.25) is 0 Å². The molecule has 1 unspecified atom stereocenters. The minimum Gasteiger partial charge on any atom is -0.495 e. The van der Waals surface area contributed by atoms with E-state index >= 15 is 0 Å². The maximum atomic E-state index is 11.2. The fourth-order valence-electron chi connectivity index (χ4n) is 1.88. The zero-order chi connectivity index (χ0) is 14.0. The summed E-state index contributed by atoms with van der Waals surface area (Å²) in [7, 11) is 1.59. The summed E-state index contributed by atoms with van der Waals surface area (Å²) in [5.74, 6) is -0.211. The van der Waals surface area contributed by atoms with Gasteiger partial charge in [-0.15, -0.1) is 0 Å². The third kappa shape index (κ3) is 2.84. The Morgan fingerprint density at radius 2 is 2.16 bits per heavy atom. The van der Waals surface area contributed by atoms with Gasteiger partial charge in [0.2, 0.25) is 0 Å². The van der Waals surface area contributed by atoms with Crippen molar-refractivity contribution in [3.8, 4) is 5.75 Å². The lowest BCUT2D eigenvalue weighted by molar-refractivity contribution is -0.138. The lowest BCUT2D eigenvalue weighted by Gasteiger charge is -2.20. The Hall–Kier alpha value is -1.69. The number of amidine groups is 1. The number of carboxylic acid groups (broad SMARTS) is 1. The maximum Gasteiger partial charge on any atom is 0.329 e. The predicted molar refractivity (Wildman–Crippen MR) is 77.1 cm³/mol. The second-order valence-electron chi connectivity index (χ2n) is 4.71. The molecule has 1 heterocycles. The molecule has 19 heavy (non-hydrogen) atoms. The monoisotopic (exact) mass is 280 g/mol. The number of methoxy groups -OCH3 is 1. The second-order valence-corrected chi connectivity index (χ2v) is 6.35. The molecule has 0 saturated heterocycles. The average Bonchev–Trinajstić information content (AvgIpc) is 2.65. The third-order valence-electron chi connectivity index (χ3n) is 2.85. The zero-order valence-corrected chi connectivity index (χ0v) is 11.8. The predicted octanol–water partition coefficient (Wildman–Crippen LogP) is 2.44. The Morgan fingerprint density at radius 1 is 1.47 bits per heavy atom. The number of carboxylic acids is 1. The number of rotatable bonds is 3. The molecule has 0 amide bonds. The fourth-order valence-corrected chi connectivity index (χ4v) is 2.96. The molecule has 0 aromatic heterocycles. The van der Waals surface area contributed by atoms with E-state index < -0.39 is 16.8 Å². The molecule has 1 aliphatic rings. The molecule has 6 heteroatoms. The largest absolute Gasteiger partial charge is 0.495 e. The molecule has 0 spiro atoms. The summed E-state index contributed by atoms with van der Waals surface area (Å²) in [5.41, 5.74) is 0.776. The molecule has 0 bridgehead atoms. The quantitative estimate of drug-likeness (QED) is 0.890. The molecule has 0 saturated carbocycles. The first-order valence-corrected chi connectivity index (χ1v) is 6.65. The first-order chi connectivity index (χ1) is 8.94. The minimum atomic E-state index is -0.908. The molecule has 2 rings (SSSR count). The highest BCUT2D eigenvalue weighted by Gasteiger charge is 2.42. The van der Waals surface area contributed by atoms with Gasteiger partial charge in [-0.1, -0.05) is 23.9 Å². The van der Waals surface area contributed by atoms with Gasteiger partial charge >= 0.3 is 5.97 Å². The van der Waals surface area contributed by atoms with Gasteiger partial charge in [-0.3, -0.25) is 0 Å². The minimum absolute atomic E-state index is 0.462. The van der Waals surface area contributed by atoms with Gasteiger partial charge in [0.15, 0.2) is 11.2 Å². The molecule has 1 aliphatic heterocycles. The van der Waals surface area contributed by atoms with E-state index in [1.807, 2.05) is 38.1 Å². The fraction of sp³-hybridized carbons (Fsp3) is 0.385. The highest BCUT2D eigenvalue weighted by molar-refractivity contribution is 8.15. The number of nitrogens with one attached hydrogen (secondary N) is 1. The number of benzene rings is 1. The number of thioether (sulfide) groups is 1. The van der Waals surface area contributed by atoms with Crippen LogP contribution in [0.1, 0.15) is 13.8 Å². The van der Waals surface area contributed by atoms with Crippen molar-refractivity contribution in [2.24, 2.45) is 4.99 Å². The van der Waals surface area contributed by atoms with Crippen molar-refractivity contribution in [1.82, 2.24) is 0 Å². The van der Waals surface area contributed by atoms with Crippen LogP contribution >= 0.6 is 11.8 Å². The van der Waals surface area contributed by atoms with Crippen LogP contribution in [0, 0.1) is 0 Å². The molecule has 0 aliphatic carbocycles. The van der Waals surface area contributed by atoms with Crippen LogP contribution in [0.15, 0.2) is 29.3 Å². The highest BCUT2D eigenvalue weighted by atomic mass is 32.2. The Labute approximate surface area is 116 Å². The van der Waals surface area contributed by atoms with Crippen LogP contribution < -0.4 is 10.1 Å². The molecule has 5 nitrogen and oxygen atoms in total. The van der Waals surface area contributed by atoms with E-state index in [9.17, 15) is 4.79 Å². The lowest BCUT2D eigenvalue weighted by Crippen LogP contribution is -2.34. The van der Waals surface area contributed by atoms with E-state index in [4.69, 9.17) is 9.84 Å². The third-order valence-corrected chi connectivity index (χ3v) is 4.00. The number of para-hydroxylation sites is 2. The highest BCUT2D eigenvalue weighted by Crippen LogP contribution is 2.38. The topological polar surface area (TPSA) is 70.9 Å². The molecule has 0 fully saturated rings. The number of aliphatic imine (C=N–C) groups is 1. The summed E-state index contributed by atoms with van der Waals surface area (Å²) in [6.07, 6.45) is 0. The van der Waals surface area contributed by atoms with Crippen LogP contribution in [0.3, 0.4) is 0 Å². The summed E-state index contributed by atoms with van der Waals surface area (Å²) >= 11 is 1.42. The molecule has 1 aromatic rings. The Bertz CT molecular complexity index is 528. The molecular weight excluding hydrogens is 264 g/mol. The second kappa shape index (κ2) is 5.13. The van der Waals surface area contributed by atoms with Crippen LogP contribution in [0.25, 0.3) is 0 Å². The maximum absolute atomic E-state index is 11.2. The van der Waals surface area contributed by atoms with E-state index in [0.717, 1.165) is 5.69 Å². The first-order valence-electron chi connectivity index (χ1n) is 5.83. The molecule has 2 N–H and O–H groups in total. The van der Waals surface area contributed by atoms with E-state index in [1.165, 1.54) is 11.8 Å². The van der Waals surface area contributed by atoms with Crippen molar-refractivity contribution in [3.05, 3.63) is 24.3 Å². The van der Waals surface area contributed by atoms with Gasteiger partial charge in [-0.25, -0.2) is 9.79 Å². The molecule has 102 valence electrons. The van der Waals surface area contributed by atoms with Gasteiger partial charge in [0, 0.05) is 0 Å². The standard InChI is InChI=1S/C13H16N2O3S/c1-13(2)10(11(16)17)15-12(19-13)14-8-6-4-5-7-9(8)18-3/h4-7,10H,1-3H3,(H,14,15)(H,16,17). The van der Waals surface area contributed by atoms with E-state index in [-0.39, 0.29) is 0 Å². The number of carbonyl (C=O) groups is 1. The van der Waals surface area contributed by atoms with Crippen LogP contribution in [0.5, 0.6) is 5.75 Å². The Kier molecular flexibility index (Phi) is 3.71. The Balaban J connectivity index is 2.21. The number of anilines is 1. The zero-order valence-electron chi connectivity index (χ0n) is 11.0. The van der Waals surface area contributed by atoms with E-state index in [0.29, 0.717) is 10.9 Å². The summed E-state index contributed by atoms with van der Waals surface area (Å²) in [6.45, 7) is 3.74. The van der Waals surface area contributed by atoms with Crippen molar-refractivity contribution in [2.75, 3.05) is 12.4 Å². The first kappa shape index (κ1) is 13.7. The SMILES string of the molecule is COc1ccccc1NC1=NC(C(=O)O)C(C)(C)S1. The smallest absolute Gasteiger partial charge is 0.329 e. The number of hydrogen-bond donors (Lipinski definition) is 2. The van der Waals surface area contributed by atoms with Gasteiger partial charge in [0.25, 0.3) is 0 Å². The van der Waals surface area contributed by atoms with E-state index in [1.54, 1.807) is 7.11 Å². The van der Waals surface area contributed by atoms with Crippen LogP contribution in [0.4, 0.5) is 5.69 Å². The van der Waals surface area contributed by atoms with Gasteiger partial charge in [-0.05, 0) is 26.0 Å². The number of aliphatic carboxylic acids is 1. The van der Waals surface area contributed by atoms with Crippen LogP contribution in [-0.2, 0) is 4.79 Å². The molecule has 0 radical (unpaired) electrons. The van der Waals surface area contributed by atoms with Crippen molar-refractivity contribution in [3.63, 3.8) is 0 Å². The van der Waals surface area contributed by atoms with Crippen molar-refractivity contribution in [1.29, 1.82) is 0 Å². The number of ether oxygens (including phenoxy) is 1. The molecule has 1 atom stereocenters. The number of hydrogen-bond acceptors (Lipinski definition) is 5. The van der Waals surface area contributed by atoms with Crippen molar-refractivity contribution >= 4 is 28.6 Å². The molecular formula is C13H16N2O3S. The van der Waals surface area contributed by atoms with Crippen LogP contribution in [-0.4, -0.2) is 34.1 Å². The summed E-state index contributed by atoms with van der Waals surface area (Å²) in [5, 5.41) is 12.9. The average molecular weight is 280 g/mol. The summed E-state index contributed by atoms with van der Waals surface area (Å²) in [6, 6.07) is 6.71. The number of nitrogens with zero attached hydrogens (tertiary/aromatic N) is 1. The van der Waals surface area contributed by atoms with Gasteiger partial charge in [-0.2, -0.15) is 0 Å². The summed E-state index contributed by atoms with van der Waals surface area (Å²) < 4.78 is 4.78. The van der Waals surface area contributed by atoms with Crippen molar-refractivity contribution in [2.45, 2.75) is 24.6 Å². The summed E-state index contributed by atoms with van der Waals surface area (Å²) in [4.78, 5) is 15.4. The molecule has 1 aromatic carbocycles. The normalized spacial score (nSPS) is 20.8. The van der Waals surface area contributed by atoms with Crippen molar-refractivity contribution < 1.29 is 14.6 Å². The van der Waals surface area contributed by atoms with E-state index in [2.05, 4.69) is 10.3 Å². The van der Waals surface area contributed by atoms with Gasteiger partial charge in [0.1, 0.15) is 5.75 Å². The Morgan fingerprint density at radius 3 is 2.74 bits per heavy atom.